The summed E-state index contributed by atoms with van der Waals surface area (Å²) in [7, 11) is 0. The van der Waals surface area contributed by atoms with Gasteiger partial charge in [-0.15, -0.1) is 0 Å². The maximum atomic E-state index is 9.18. The molecule has 2 nitrogen and oxygen atoms in total. The molecular formula is C9H9NO. The third kappa shape index (κ3) is 1.57. The first-order chi connectivity index (χ1) is 5.25. The molecule has 1 N–H and O–H groups in total. The molecule has 0 amide bonds. The Morgan fingerprint density at radius 3 is 2.55 bits per heavy atom. The highest BCUT2D eigenvalue weighted by atomic mass is 16.3. The molecule has 1 aromatic rings. The Kier molecular flexibility index (Phi) is 2.25. The van der Waals surface area contributed by atoms with Crippen LogP contribution >= 0.6 is 0 Å². The normalized spacial score (nSPS) is 12.1. The molecule has 0 aromatic heterocycles. The van der Waals surface area contributed by atoms with Gasteiger partial charge in [0.2, 0.25) is 0 Å². The standard InChI is InChI=1S/C9H9NO/c1-7(11)9-5-3-2-4-8(9)6-10/h2-5,7,11H,1H3/t7-/m0/s1. The van der Waals surface area contributed by atoms with Crippen LogP contribution in [0.5, 0.6) is 0 Å². The monoisotopic (exact) mass is 147 g/mol. The fraction of sp³-hybridized carbons (Fsp3) is 0.222. The van der Waals surface area contributed by atoms with Gasteiger partial charge in [-0.05, 0) is 18.6 Å². The Balaban J connectivity index is 3.15. The molecule has 11 heavy (non-hydrogen) atoms. The molecule has 0 radical (unpaired) electrons. The molecule has 1 rings (SSSR count). The maximum Gasteiger partial charge on any atom is 0.0995 e. The summed E-state index contributed by atoms with van der Waals surface area (Å²) >= 11 is 0. The van der Waals surface area contributed by atoms with Crippen molar-refractivity contribution in [3.63, 3.8) is 0 Å². The van der Waals surface area contributed by atoms with Gasteiger partial charge in [0.05, 0.1) is 17.7 Å². The summed E-state index contributed by atoms with van der Waals surface area (Å²) in [5, 5.41) is 17.8. The molecule has 0 aliphatic carbocycles. The van der Waals surface area contributed by atoms with Gasteiger partial charge in [0.1, 0.15) is 0 Å². The van der Waals surface area contributed by atoms with E-state index in [1.54, 1.807) is 25.1 Å². The van der Waals surface area contributed by atoms with Crippen LogP contribution in [0.1, 0.15) is 24.2 Å². The third-order valence-electron chi connectivity index (χ3n) is 1.53. The van der Waals surface area contributed by atoms with Crippen molar-refractivity contribution in [2.24, 2.45) is 0 Å². The Morgan fingerprint density at radius 2 is 2.09 bits per heavy atom. The summed E-state index contributed by atoms with van der Waals surface area (Å²) in [5.74, 6) is 0. The smallest absolute Gasteiger partial charge is 0.0995 e. The molecule has 0 saturated carbocycles. The molecule has 0 spiro atoms. The number of hydrogen-bond acceptors (Lipinski definition) is 2. The van der Waals surface area contributed by atoms with Gasteiger partial charge in [-0.25, -0.2) is 0 Å². The van der Waals surface area contributed by atoms with E-state index in [2.05, 4.69) is 0 Å². The van der Waals surface area contributed by atoms with Gasteiger partial charge >= 0.3 is 0 Å². The van der Waals surface area contributed by atoms with Gasteiger partial charge in [0.25, 0.3) is 0 Å². The van der Waals surface area contributed by atoms with E-state index in [0.717, 1.165) is 0 Å². The zero-order chi connectivity index (χ0) is 8.27. The second-order valence-corrected chi connectivity index (χ2v) is 2.38. The van der Waals surface area contributed by atoms with Crippen LogP contribution in [0.4, 0.5) is 0 Å². The van der Waals surface area contributed by atoms with E-state index in [4.69, 9.17) is 5.26 Å². The van der Waals surface area contributed by atoms with Gasteiger partial charge in [-0.3, -0.25) is 0 Å². The van der Waals surface area contributed by atoms with Crippen molar-refractivity contribution >= 4 is 0 Å². The van der Waals surface area contributed by atoms with Crippen molar-refractivity contribution in [2.45, 2.75) is 13.0 Å². The lowest BCUT2D eigenvalue weighted by atomic mass is 10.0. The van der Waals surface area contributed by atoms with Gasteiger partial charge in [-0.1, -0.05) is 18.2 Å². The number of hydrogen-bond donors (Lipinski definition) is 1. The van der Waals surface area contributed by atoms with Crippen LogP contribution in [0, 0.1) is 11.3 Å². The Hall–Kier alpha value is -1.33. The Bertz CT molecular complexity index is 286. The van der Waals surface area contributed by atoms with E-state index in [9.17, 15) is 5.11 Å². The Labute approximate surface area is 65.7 Å². The lowest BCUT2D eigenvalue weighted by Crippen LogP contribution is -1.93. The van der Waals surface area contributed by atoms with Gasteiger partial charge in [0, 0.05) is 0 Å². The summed E-state index contributed by atoms with van der Waals surface area (Å²) in [6.45, 7) is 1.65. The summed E-state index contributed by atoms with van der Waals surface area (Å²) in [5.41, 5.74) is 1.23. The van der Waals surface area contributed by atoms with Crippen molar-refractivity contribution in [1.82, 2.24) is 0 Å². The highest BCUT2D eigenvalue weighted by Gasteiger charge is 2.04. The van der Waals surface area contributed by atoms with Crippen LogP contribution < -0.4 is 0 Å². The van der Waals surface area contributed by atoms with Crippen LogP contribution in [-0.4, -0.2) is 5.11 Å². The zero-order valence-corrected chi connectivity index (χ0v) is 6.28. The molecule has 0 bridgehead atoms. The number of aliphatic hydroxyl groups excluding tert-OH is 1. The maximum absolute atomic E-state index is 9.18. The number of nitriles is 1. The molecule has 0 unspecified atom stereocenters. The van der Waals surface area contributed by atoms with Crippen LogP contribution in [0.3, 0.4) is 0 Å². The zero-order valence-electron chi connectivity index (χ0n) is 6.28. The molecule has 0 fully saturated rings. The van der Waals surface area contributed by atoms with Crippen molar-refractivity contribution < 1.29 is 5.11 Å². The summed E-state index contributed by atoms with van der Waals surface area (Å²) < 4.78 is 0. The third-order valence-corrected chi connectivity index (χ3v) is 1.53. The minimum atomic E-state index is -0.564. The van der Waals surface area contributed by atoms with E-state index in [1.165, 1.54) is 0 Å². The van der Waals surface area contributed by atoms with Crippen LogP contribution in [0.15, 0.2) is 24.3 Å². The lowest BCUT2D eigenvalue weighted by Gasteiger charge is -2.04. The number of aliphatic hydroxyl groups is 1. The quantitative estimate of drug-likeness (QED) is 0.655. The minimum absolute atomic E-state index is 0.544. The highest BCUT2D eigenvalue weighted by Crippen LogP contribution is 2.15. The van der Waals surface area contributed by atoms with Gasteiger partial charge < -0.3 is 5.11 Å². The van der Waals surface area contributed by atoms with Crippen molar-refractivity contribution in [3.8, 4) is 6.07 Å². The average Bonchev–Trinajstić information content (AvgIpc) is 2.04. The fourth-order valence-electron chi connectivity index (χ4n) is 0.963. The van der Waals surface area contributed by atoms with Crippen LogP contribution in [-0.2, 0) is 0 Å². The van der Waals surface area contributed by atoms with E-state index >= 15 is 0 Å². The number of benzene rings is 1. The second-order valence-electron chi connectivity index (χ2n) is 2.38. The van der Waals surface area contributed by atoms with Crippen molar-refractivity contribution in [3.05, 3.63) is 35.4 Å². The first-order valence-corrected chi connectivity index (χ1v) is 3.43. The predicted octanol–water partition coefficient (Wildman–Crippen LogP) is 1.61. The number of rotatable bonds is 1. The highest BCUT2D eigenvalue weighted by molar-refractivity contribution is 5.38. The SMILES string of the molecule is C[C@H](O)c1ccccc1C#N. The lowest BCUT2D eigenvalue weighted by molar-refractivity contribution is 0.199. The van der Waals surface area contributed by atoms with Crippen LogP contribution in [0.2, 0.25) is 0 Å². The van der Waals surface area contributed by atoms with Crippen molar-refractivity contribution in [1.29, 1.82) is 5.26 Å². The minimum Gasteiger partial charge on any atom is -0.389 e. The first kappa shape index (κ1) is 7.77. The molecule has 0 heterocycles. The van der Waals surface area contributed by atoms with Crippen molar-refractivity contribution in [2.75, 3.05) is 0 Å². The van der Waals surface area contributed by atoms with E-state index in [0.29, 0.717) is 11.1 Å². The van der Waals surface area contributed by atoms with Gasteiger partial charge in [-0.2, -0.15) is 5.26 Å². The van der Waals surface area contributed by atoms with E-state index in [-0.39, 0.29) is 0 Å². The number of nitrogens with zero attached hydrogens (tertiary/aromatic N) is 1. The van der Waals surface area contributed by atoms with E-state index in [1.807, 2.05) is 12.1 Å². The second kappa shape index (κ2) is 3.18. The average molecular weight is 147 g/mol. The molecule has 1 atom stereocenters. The molecule has 0 aliphatic rings. The first-order valence-electron chi connectivity index (χ1n) is 3.43. The van der Waals surface area contributed by atoms with Crippen LogP contribution in [0.25, 0.3) is 0 Å². The summed E-state index contributed by atoms with van der Waals surface area (Å²) in [4.78, 5) is 0. The fourth-order valence-corrected chi connectivity index (χ4v) is 0.963. The van der Waals surface area contributed by atoms with E-state index < -0.39 is 6.10 Å². The molecule has 56 valence electrons. The molecule has 2 heteroatoms. The molecule has 1 aromatic carbocycles. The van der Waals surface area contributed by atoms with Gasteiger partial charge in [0.15, 0.2) is 0 Å². The topological polar surface area (TPSA) is 44.0 Å². The summed E-state index contributed by atoms with van der Waals surface area (Å²) in [6, 6.07) is 9.06. The Morgan fingerprint density at radius 1 is 1.45 bits per heavy atom. The summed E-state index contributed by atoms with van der Waals surface area (Å²) in [6.07, 6.45) is -0.564. The largest absolute Gasteiger partial charge is 0.389 e. The molecular weight excluding hydrogens is 138 g/mol. The molecule has 0 saturated heterocycles. The predicted molar refractivity (Wildman–Crippen MR) is 41.8 cm³/mol. The molecule has 0 aliphatic heterocycles.